The predicted molar refractivity (Wildman–Crippen MR) is 86.0 cm³/mol. The van der Waals surface area contributed by atoms with Crippen LogP contribution < -0.4 is 5.32 Å². The molecule has 1 atom stereocenters. The van der Waals surface area contributed by atoms with Gasteiger partial charge in [-0.15, -0.1) is 0 Å². The highest BCUT2D eigenvalue weighted by Gasteiger charge is 2.31. The highest BCUT2D eigenvalue weighted by atomic mass is 35.5. The van der Waals surface area contributed by atoms with Crippen LogP contribution in [0, 0.1) is 0 Å². The van der Waals surface area contributed by atoms with Gasteiger partial charge in [0.15, 0.2) is 0 Å². The number of thioether (sulfide) groups is 1. The van der Waals surface area contributed by atoms with Crippen molar-refractivity contribution in [3.63, 3.8) is 0 Å². The maximum Gasteiger partial charge on any atom is 0.261 e. The van der Waals surface area contributed by atoms with Gasteiger partial charge in [-0.2, -0.15) is 0 Å². The van der Waals surface area contributed by atoms with E-state index in [0.717, 1.165) is 5.56 Å². The second-order valence-corrected chi connectivity index (χ2v) is 6.08. The van der Waals surface area contributed by atoms with E-state index in [1.165, 1.54) is 24.3 Å². The van der Waals surface area contributed by atoms with Gasteiger partial charge in [-0.25, -0.2) is 0 Å². The van der Waals surface area contributed by atoms with Gasteiger partial charge in [0.1, 0.15) is 21.8 Å². The van der Waals surface area contributed by atoms with Gasteiger partial charge in [0.05, 0.1) is 11.8 Å². The van der Waals surface area contributed by atoms with E-state index in [9.17, 15) is 4.79 Å². The first kappa shape index (κ1) is 15.0. The molecule has 0 saturated heterocycles. The SMILES string of the molecule is CCN(C(=O)c1ccoc1)C1=C(Cl)NC(c2cccnc2)S1. The van der Waals surface area contributed by atoms with Gasteiger partial charge in [-0.1, -0.05) is 29.4 Å². The second-order valence-electron chi connectivity index (χ2n) is 4.61. The smallest absolute Gasteiger partial charge is 0.261 e. The molecule has 1 amide bonds. The number of carbonyl (C=O) groups is 1. The summed E-state index contributed by atoms with van der Waals surface area (Å²) >= 11 is 7.81. The molecule has 5 nitrogen and oxygen atoms in total. The Kier molecular flexibility index (Phi) is 4.40. The molecular weight excluding hydrogens is 322 g/mol. The average molecular weight is 336 g/mol. The Morgan fingerprint density at radius 1 is 1.55 bits per heavy atom. The number of furan rings is 1. The standard InChI is InChI=1S/C15H14ClN3O2S/c1-2-19(14(20)11-5-7-21-9-11)15-12(16)18-13(22-15)10-4-3-6-17-8-10/h3-9,13,18H,2H2,1H3. The van der Waals surface area contributed by atoms with Crippen molar-refractivity contribution >= 4 is 29.3 Å². The molecule has 1 N–H and O–H groups in total. The number of carbonyl (C=O) groups excluding carboxylic acids is 1. The average Bonchev–Trinajstić information content (AvgIpc) is 3.19. The second kappa shape index (κ2) is 6.46. The fourth-order valence-corrected chi connectivity index (χ4v) is 3.74. The van der Waals surface area contributed by atoms with E-state index >= 15 is 0 Å². The molecule has 2 aromatic rings. The van der Waals surface area contributed by atoms with E-state index < -0.39 is 0 Å². The molecular formula is C15H14ClN3O2S. The highest BCUT2D eigenvalue weighted by Crippen LogP contribution is 2.43. The molecule has 0 radical (unpaired) electrons. The Morgan fingerprint density at radius 2 is 2.41 bits per heavy atom. The number of hydrogen-bond donors (Lipinski definition) is 1. The zero-order chi connectivity index (χ0) is 15.5. The summed E-state index contributed by atoms with van der Waals surface area (Å²) in [6.45, 7) is 2.43. The lowest BCUT2D eigenvalue weighted by atomic mass is 10.3. The summed E-state index contributed by atoms with van der Waals surface area (Å²) in [6, 6.07) is 5.49. The maximum absolute atomic E-state index is 12.5. The molecule has 0 saturated carbocycles. The Morgan fingerprint density at radius 3 is 3.05 bits per heavy atom. The normalized spacial score (nSPS) is 17.5. The maximum atomic E-state index is 12.5. The fourth-order valence-electron chi connectivity index (χ4n) is 2.16. The predicted octanol–water partition coefficient (Wildman–Crippen LogP) is 3.54. The molecule has 2 aromatic heterocycles. The summed E-state index contributed by atoms with van der Waals surface area (Å²) in [5, 5.41) is 4.31. The molecule has 0 aliphatic carbocycles. The largest absolute Gasteiger partial charge is 0.472 e. The van der Waals surface area contributed by atoms with E-state index in [0.29, 0.717) is 22.3 Å². The van der Waals surface area contributed by atoms with Gasteiger partial charge in [-0.05, 0) is 19.1 Å². The number of amides is 1. The lowest BCUT2D eigenvalue weighted by molar-refractivity contribution is 0.0822. The van der Waals surface area contributed by atoms with Crippen LogP contribution in [0.1, 0.15) is 28.2 Å². The summed E-state index contributed by atoms with van der Waals surface area (Å²) < 4.78 is 4.98. The van der Waals surface area contributed by atoms with Crippen LogP contribution in [-0.4, -0.2) is 22.3 Å². The first-order chi connectivity index (χ1) is 10.7. The van der Waals surface area contributed by atoms with Crippen LogP contribution >= 0.6 is 23.4 Å². The first-order valence-corrected chi connectivity index (χ1v) is 8.03. The zero-order valence-corrected chi connectivity index (χ0v) is 13.4. The lowest BCUT2D eigenvalue weighted by Gasteiger charge is -2.21. The monoisotopic (exact) mass is 335 g/mol. The minimum atomic E-state index is -0.134. The molecule has 0 fully saturated rings. The molecule has 0 aromatic carbocycles. The van der Waals surface area contributed by atoms with Crippen molar-refractivity contribution in [1.82, 2.24) is 15.2 Å². The topological polar surface area (TPSA) is 58.4 Å². The van der Waals surface area contributed by atoms with Gasteiger partial charge < -0.3 is 14.6 Å². The fraction of sp³-hybridized carbons (Fsp3) is 0.200. The van der Waals surface area contributed by atoms with Crippen LogP contribution in [0.15, 0.2) is 57.7 Å². The van der Waals surface area contributed by atoms with E-state index in [-0.39, 0.29) is 11.3 Å². The van der Waals surface area contributed by atoms with E-state index in [2.05, 4.69) is 10.3 Å². The number of pyridine rings is 1. The Bertz CT molecular complexity index is 688. The number of rotatable bonds is 4. The van der Waals surface area contributed by atoms with Crippen LogP contribution in [0.5, 0.6) is 0 Å². The van der Waals surface area contributed by atoms with Crippen molar-refractivity contribution in [3.05, 3.63) is 64.4 Å². The molecule has 1 aliphatic heterocycles. The van der Waals surface area contributed by atoms with Gasteiger partial charge >= 0.3 is 0 Å². The summed E-state index contributed by atoms with van der Waals surface area (Å²) in [5.41, 5.74) is 1.51. The Hall–Kier alpha value is -1.92. The van der Waals surface area contributed by atoms with Crippen LogP contribution in [0.4, 0.5) is 0 Å². The third-order valence-electron chi connectivity index (χ3n) is 3.24. The Labute approximate surface area is 137 Å². The molecule has 1 aliphatic rings. The molecule has 3 heterocycles. The number of nitrogens with one attached hydrogen (secondary N) is 1. The van der Waals surface area contributed by atoms with Gasteiger partial charge in [-0.3, -0.25) is 9.78 Å². The number of halogens is 1. The quantitative estimate of drug-likeness (QED) is 0.866. The summed E-state index contributed by atoms with van der Waals surface area (Å²) in [5.74, 6) is -0.134. The number of aromatic nitrogens is 1. The van der Waals surface area contributed by atoms with E-state index in [4.69, 9.17) is 16.0 Å². The molecule has 3 rings (SSSR count). The number of hydrogen-bond acceptors (Lipinski definition) is 5. The minimum absolute atomic E-state index is 0.0533. The number of nitrogens with zero attached hydrogens (tertiary/aromatic N) is 2. The highest BCUT2D eigenvalue weighted by molar-refractivity contribution is 8.03. The van der Waals surface area contributed by atoms with Crippen molar-refractivity contribution in [1.29, 1.82) is 0 Å². The molecule has 0 spiro atoms. The summed E-state index contributed by atoms with van der Waals surface area (Å²) in [4.78, 5) is 18.3. The Balaban J connectivity index is 1.81. The third kappa shape index (κ3) is 2.84. The van der Waals surface area contributed by atoms with Gasteiger partial charge in [0.2, 0.25) is 0 Å². The van der Waals surface area contributed by atoms with E-state index in [1.54, 1.807) is 23.4 Å². The van der Waals surface area contributed by atoms with Crippen LogP contribution in [-0.2, 0) is 0 Å². The van der Waals surface area contributed by atoms with Crippen LogP contribution in [0.2, 0.25) is 0 Å². The third-order valence-corrected chi connectivity index (χ3v) is 4.91. The molecule has 114 valence electrons. The van der Waals surface area contributed by atoms with Crippen LogP contribution in [0.25, 0.3) is 0 Å². The lowest BCUT2D eigenvalue weighted by Crippen LogP contribution is -2.28. The van der Waals surface area contributed by atoms with Crippen molar-refractivity contribution < 1.29 is 9.21 Å². The molecule has 0 bridgehead atoms. The summed E-state index contributed by atoms with van der Waals surface area (Å²) in [6.07, 6.45) is 6.42. The zero-order valence-electron chi connectivity index (χ0n) is 11.8. The van der Waals surface area contributed by atoms with Crippen molar-refractivity contribution in [3.8, 4) is 0 Å². The van der Waals surface area contributed by atoms with Crippen LogP contribution in [0.3, 0.4) is 0 Å². The first-order valence-electron chi connectivity index (χ1n) is 6.77. The molecule has 1 unspecified atom stereocenters. The summed E-state index contributed by atoms with van der Waals surface area (Å²) in [7, 11) is 0. The van der Waals surface area contributed by atoms with Crippen molar-refractivity contribution in [2.24, 2.45) is 0 Å². The van der Waals surface area contributed by atoms with Crippen molar-refractivity contribution in [2.75, 3.05) is 6.54 Å². The van der Waals surface area contributed by atoms with Gasteiger partial charge in [0.25, 0.3) is 5.91 Å². The van der Waals surface area contributed by atoms with Gasteiger partial charge in [0, 0.05) is 24.5 Å². The minimum Gasteiger partial charge on any atom is -0.472 e. The molecule has 7 heteroatoms. The molecule has 22 heavy (non-hydrogen) atoms. The van der Waals surface area contributed by atoms with Crippen molar-refractivity contribution in [2.45, 2.75) is 12.3 Å². The van der Waals surface area contributed by atoms with E-state index in [1.807, 2.05) is 19.1 Å².